The normalized spacial score (nSPS) is 11.8. The number of anilines is 1. The second-order valence-electron chi connectivity index (χ2n) is 6.30. The minimum Gasteiger partial charge on any atom is -0.328 e. The van der Waals surface area contributed by atoms with Crippen molar-refractivity contribution in [2.24, 2.45) is 0 Å². The zero-order valence-corrected chi connectivity index (χ0v) is 14.7. The first-order valence-corrected chi connectivity index (χ1v) is 8.62. The quantitative estimate of drug-likeness (QED) is 0.704. The predicted molar refractivity (Wildman–Crippen MR) is 101 cm³/mol. The van der Waals surface area contributed by atoms with Crippen LogP contribution in [0, 0.1) is 12.7 Å². The summed E-state index contributed by atoms with van der Waals surface area (Å²) in [4.78, 5) is 12.3. The highest BCUT2D eigenvalue weighted by Gasteiger charge is 2.18. The van der Waals surface area contributed by atoms with Crippen LogP contribution in [0.4, 0.5) is 10.1 Å². The van der Waals surface area contributed by atoms with Gasteiger partial charge in [-0.25, -0.2) is 4.39 Å². The molecule has 0 radical (unpaired) electrons. The van der Waals surface area contributed by atoms with Crippen molar-refractivity contribution >= 4 is 11.6 Å². The van der Waals surface area contributed by atoms with Gasteiger partial charge in [-0.3, -0.25) is 4.79 Å². The zero-order valence-electron chi connectivity index (χ0n) is 14.7. The molecular weight excluding hydrogens is 327 g/mol. The van der Waals surface area contributed by atoms with E-state index in [-0.39, 0.29) is 24.3 Å². The first-order valence-electron chi connectivity index (χ1n) is 8.62. The van der Waals surface area contributed by atoms with Crippen molar-refractivity contribution in [3.63, 3.8) is 0 Å². The Kier molecular flexibility index (Phi) is 5.77. The van der Waals surface area contributed by atoms with Crippen molar-refractivity contribution in [3.8, 4) is 0 Å². The fraction of sp³-hybridized carbons (Fsp3) is 0.136. The maximum absolute atomic E-state index is 13.2. The van der Waals surface area contributed by atoms with Crippen molar-refractivity contribution in [1.29, 1.82) is 0 Å². The summed E-state index contributed by atoms with van der Waals surface area (Å²) in [6, 6.07) is 24.4. The third kappa shape index (κ3) is 4.77. The van der Waals surface area contributed by atoms with Crippen LogP contribution in [0.3, 0.4) is 0 Å². The van der Waals surface area contributed by atoms with Gasteiger partial charge >= 0.3 is 0 Å². The van der Waals surface area contributed by atoms with Crippen molar-refractivity contribution in [2.45, 2.75) is 13.0 Å². The molecule has 3 aromatic carbocycles. The molecule has 0 fully saturated rings. The van der Waals surface area contributed by atoms with E-state index in [1.807, 2.05) is 23.5 Å². The molecule has 0 saturated carbocycles. The molecule has 3 N–H and O–H groups in total. The third-order valence-electron chi connectivity index (χ3n) is 4.24. The Bertz CT molecular complexity index is 863. The summed E-state index contributed by atoms with van der Waals surface area (Å²) < 4.78 is 13.2. The highest BCUT2D eigenvalue weighted by molar-refractivity contribution is 5.91. The number of amides is 1. The molecule has 0 aliphatic heterocycles. The van der Waals surface area contributed by atoms with Gasteiger partial charge in [-0.15, -0.1) is 0 Å². The number of hydrogen-bond donors (Lipinski definition) is 2. The van der Waals surface area contributed by atoms with Crippen molar-refractivity contribution in [2.75, 3.05) is 11.9 Å². The summed E-state index contributed by atoms with van der Waals surface area (Å²) in [6.45, 7) is 2.29. The van der Waals surface area contributed by atoms with Crippen LogP contribution in [0.25, 0.3) is 0 Å². The summed E-state index contributed by atoms with van der Waals surface area (Å²) in [6.07, 6.45) is 0. The van der Waals surface area contributed by atoms with Crippen molar-refractivity contribution in [3.05, 3.63) is 101 Å². The van der Waals surface area contributed by atoms with Gasteiger partial charge in [0.1, 0.15) is 11.9 Å². The maximum Gasteiger partial charge on any atom is 0.279 e. The van der Waals surface area contributed by atoms with E-state index in [0.717, 1.165) is 11.1 Å². The number of halogens is 1. The second kappa shape index (κ2) is 8.41. The van der Waals surface area contributed by atoms with Crippen LogP contribution >= 0.6 is 0 Å². The van der Waals surface area contributed by atoms with Crippen LogP contribution in [-0.4, -0.2) is 12.5 Å². The smallest absolute Gasteiger partial charge is 0.279 e. The fourth-order valence-corrected chi connectivity index (χ4v) is 2.90. The minimum atomic E-state index is -0.367. The average molecular weight is 349 g/mol. The van der Waals surface area contributed by atoms with Gasteiger partial charge in [-0.1, -0.05) is 66.2 Å². The first kappa shape index (κ1) is 17.8. The molecule has 0 spiro atoms. The number of benzene rings is 3. The monoisotopic (exact) mass is 349 g/mol. The van der Waals surface area contributed by atoms with E-state index >= 15 is 0 Å². The molecular formula is C22H22FN2O+. The molecule has 0 unspecified atom stereocenters. The minimum absolute atomic E-state index is 0.0232. The van der Waals surface area contributed by atoms with Crippen LogP contribution in [0.15, 0.2) is 78.9 Å². The number of hydrogen-bond acceptors (Lipinski definition) is 1. The molecule has 3 rings (SSSR count). The Labute approximate surface area is 152 Å². The lowest BCUT2D eigenvalue weighted by molar-refractivity contribution is -0.676. The van der Waals surface area contributed by atoms with Crippen LogP contribution in [0.5, 0.6) is 0 Å². The molecule has 4 heteroatoms. The lowest BCUT2D eigenvalue weighted by Gasteiger charge is -2.17. The van der Waals surface area contributed by atoms with Crippen LogP contribution in [0.1, 0.15) is 22.7 Å². The first-order chi connectivity index (χ1) is 12.6. The maximum atomic E-state index is 13.2. The molecule has 0 bridgehead atoms. The lowest BCUT2D eigenvalue weighted by atomic mass is 9.98. The van der Waals surface area contributed by atoms with E-state index in [1.165, 1.54) is 17.7 Å². The topological polar surface area (TPSA) is 45.7 Å². The number of quaternary nitrogens is 1. The fourth-order valence-electron chi connectivity index (χ4n) is 2.90. The Morgan fingerprint density at radius 3 is 2.35 bits per heavy atom. The van der Waals surface area contributed by atoms with Gasteiger partial charge in [0.25, 0.3) is 5.91 Å². The number of rotatable bonds is 6. The number of carbonyl (C=O) groups is 1. The highest BCUT2D eigenvalue weighted by Crippen LogP contribution is 2.18. The molecule has 0 aliphatic rings. The van der Waals surface area contributed by atoms with E-state index in [0.29, 0.717) is 5.69 Å². The molecule has 0 aromatic heterocycles. The molecule has 0 aliphatic carbocycles. The Balaban J connectivity index is 1.72. The summed E-state index contributed by atoms with van der Waals surface area (Å²) >= 11 is 0. The van der Waals surface area contributed by atoms with Gasteiger partial charge in [-0.05, 0) is 25.1 Å². The van der Waals surface area contributed by atoms with Gasteiger partial charge in [0.05, 0.1) is 0 Å². The summed E-state index contributed by atoms with van der Waals surface area (Å²) in [5, 5.41) is 4.73. The van der Waals surface area contributed by atoms with Gasteiger partial charge in [0.2, 0.25) is 0 Å². The van der Waals surface area contributed by atoms with E-state index in [2.05, 4.69) is 48.6 Å². The van der Waals surface area contributed by atoms with Gasteiger partial charge in [0.15, 0.2) is 6.54 Å². The highest BCUT2D eigenvalue weighted by atomic mass is 19.1. The Morgan fingerprint density at radius 1 is 0.962 bits per heavy atom. The summed E-state index contributed by atoms with van der Waals surface area (Å²) in [5.74, 6) is -0.530. The van der Waals surface area contributed by atoms with Crippen LogP contribution in [0.2, 0.25) is 0 Å². The van der Waals surface area contributed by atoms with E-state index in [1.54, 1.807) is 12.1 Å². The largest absolute Gasteiger partial charge is 0.328 e. The average Bonchev–Trinajstić information content (AvgIpc) is 2.64. The van der Waals surface area contributed by atoms with E-state index < -0.39 is 0 Å². The molecule has 3 aromatic rings. The number of aryl methyl sites for hydroxylation is 1. The third-order valence-corrected chi connectivity index (χ3v) is 4.24. The molecule has 1 atom stereocenters. The SMILES string of the molecule is Cc1ccc([C@@H]([NH2+]CC(=O)Nc2cccc(F)c2)c2ccccc2)cc1. The Hall–Kier alpha value is -2.98. The predicted octanol–water partition coefficient (Wildman–Crippen LogP) is 3.43. The molecule has 0 saturated heterocycles. The number of nitrogens with two attached hydrogens (primary N) is 1. The molecule has 1 amide bonds. The standard InChI is InChI=1S/C22H21FN2O/c1-16-10-12-18(13-11-16)22(17-6-3-2-4-7-17)24-15-21(26)25-20-9-5-8-19(23)14-20/h2-14,22,24H,15H2,1H3,(H,25,26)/p+1/t22-/m0/s1. The molecule has 26 heavy (non-hydrogen) atoms. The second-order valence-corrected chi connectivity index (χ2v) is 6.30. The zero-order chi connectivity index (χ0) is 18.4. The molecule has 0 heterocycles. The summed E-state index contributed by atoms with van der Waals surface area (Å²) in [5.41, 5.74) is 3.94. The van der Waals surface area contributed by atoms with Gasteiger partial charge in [-0.2, -0.15) is 0 Å². The lowest BCUT2D eigenvalue weighted by Crippen LogP contribution is -2.87. The van der Waals surface area contributed by atoms with Crippen LogP contribution < -0.4 is 10.6 Å². The number of carbonyl (C=O) groups excluding carboxylic acids is 1. The molecule has 3 nitrogen and oxygen atoms in total. The van der Waals surface area contributed by atoms with E-state index in [9.17, 15) is 9.18 Å². The summed E-state index contributed by atoms with van der Waals surface area (Å²) in [7, 11) is 0. The van der Waals surface area contributed by atoms with E-state index in [4.69, 9.17) is 0 Å². The molecule has 132 valence electrons. The van der Waals surface area contributed by atoms with Crippen molar-refractivity contribution < 1.29 is 14.5 Å². The number of nitrogens with one attached hydrogen (secondary N) is 1. The van der Waals surface area contributed by atoms with Crippen LogP contribution in [-0.2, 0) is 4.79 Å². The Morgan fingerprint density at radius 2 is 1.65 bits per heavy atom. The van der Waals surface area contributed by atoms with Gasteiger partial charge < -0.3 is 10.6 Å². The van der Waals surface area contributed by atoms with Crippen molar-refractivity contribution in [1.82, 2.24) is 0 Å². The van der Waals surface area contributed by atoms with Gasteiger partial charge in [0, 0.05) is 16.8 Å².